The zero-order valence-electron chi connectivity index (χ0n) is 11.0. The second kappa shape index (κ2) is 5.93. The molecule has 0 spiro atoms. The first-order valence-electron chi connectivity index (χ1n) is 6.52. The van der Waals surface area contributed by atoms with Crippen molar-refractivity contribution in [3.05, 3.63) is 28.2 Å². The minimum absolute atomic E-state index is 0.119. The summed E-state index contributed by atoms with van der Waals surface area (Å²) in [5, 5.41) is 11.8. The maximum absolute atomic E-state index is 12.4. The van der Waals surface area contributed by atoms with Gasteiger partial charge >= 0.3 is 5.97 Å². The third kappa shape index (κ3) is 3.02. The van der Waals surface area contributed by atoms with Gasteiger partial charge in [0, 0.05) is 16.7 Å². The van der Waals surface area contributed by atoms with Crippen LogP contribution in [0.2, 0.25) is 0 Å². The number of anilines is 1. The summed E-state index contributed by atoms with van der Waals surface area (Å²) in [6.07, 6.45) is 3.58. The number of aromatic carboxylic acids is 1. The van der Waals surface area contributed by atoms with Crippen molar-refractivity contribution >= 4 is 33.5 Å². The zero-order valence-corrected chi connectivity index (χ0v) is 12.6. The van der Waals surface area contributed by atoms with E-state index in [1.54, 1.807) is 6.07 Å². The molecule has 0 radical (unpaired) electrons. The van der Waals surface area contributed by atoms with Crippen molar-refractivity contribution < 1.29 is 14.7 Å². The molecule has 0 aliphatic heterocycles. The predicted octanol–water partition coefficient (Wildman–Crippen LogP) is 2.60. The number of carbonyl (C=O) groups excluding carboxylic acids is 1. The lowest BCUT2D eigenvalue weighted by molar-refractivity contribution is -0.124. The summed E-state index contributed by atoms with van der Waals surface area (Å²) in [7, 11) is 0. The molecule has 1 aromatic carbocycles. The van der Waals surface area contributed by atoms with Gasteiger partial charge in [-0.3, -0.25) is 4.79 Å². The highest BCUT2D eigenvalue weighted by atomic mass is 79.9. The maximum Gasteiger partial charge on any atom is 0.335 e. The second-order valence-electron chi connectivity index (χ2n) is 5.18. The fourth-order valence-electron chi connectivity index (χ4n) is 2.62. The molecule has 5 nitrogen and oxygen atoms in total. The minimum atomic E-state index is -1.03. The number of rotatable bonds is 4. The molecule has 0 bridgehead atoms. The summed E-state index contributed by atoms with van der Waals surface area (Å²) in [4.78, 5) is 23.4. The Morgan fingerprint density at radius 1 is 1.30 bits per heavy atom. The van der Waals surface area contributed by atoms with Crippen LogP contribution < -0.4 is 11.1 Å². The van der Waals surface area contributed by atoms with E-state index >= 15 is 0 Å². The van der Waals surface area contributed by atoms with Crippen molar-refractivity contribution in [1.82, 2.24) is 0 Å². The number of carbonyl (C=O) groups is 2. The molecule has 0 saturated heterocycles. The number of carboxylic acids is 1. The Kier molecular flexibility index (Phi) is 4.45. The topological polar surface area (TPSA) is 92.4 Å². The van der Waals surface area contributed by atoms with Crippen molar-refractivity contribution in [1.29, 1.82) is 0 Å². The third-order valence-electron chi connectivity index (χ3n) is 3.84. The van der Waals surface area contributed by atoms with Gasteiger partial charge in [-0.15, -0.1) is 0 Å². The van der Waals surface area contributed by atoms with Crippen molar-refractivity contribution in [3.8, 4) is 0 Å². The normalized spacial score (nSPS) is 16.9. The molecule has 20 heavy (non-hydrogen) atoms. The Morgan fingerprint density at radius 3 is 2.50 bits per heavy atom. The van der Waals surface area contributed by atoms with Crippen molar-refractivity contribution in [2.75, 3.05) is 11.9 Å². The fourth-order valence-corrected chi connectivity index (χ4v) is 3.12. The van der Waals surface area contributed by atoms with E-state index in [0.29, 0.717) is 16.7 Å². The van der Waals surface area contributed by atoms with Crippen LogP contribution in [0.4, 0.5) is 5.69 Å². The quantitative estimate of drug-likeness (QED) is 0.785. The number of hydrogen-bond donors (Lipinski definition) is 3. The van der Waals surface area contributed by atoms with Gasteiger partial charge in [0.2, 0.25) is 5.91 Å². The van der Waals surface area contributed by atoms with E-state index in [1.807, 2.05) is 0 Å². The number of amides is 1. The smallest absolute Gasteiger partial charge is 0.335 e. The van der Waals surface area contributed by atoms with E-state index in [4.69, 9.17) is 10.8 Å². The lowest BCUT2D eigenvalue weighted by Crippen LogP contribution is -2.40. The Hall–Kier alpha value is -1.40. The van der Waals surface area contributed by atoms with Crippen LogP contribution in [0.25, 0.3) is 0 Å². The van der Waals surface area contributed by atoms with Crippen LogP contribution in [-0.2, 0) is 4.79 Å². The third-order valence-corrected chi connectivity index (χ3v) is 4.29. The van der Waals surface area contributed by atoms with E-state index in [1.165, 1.54) is 12.1 Å². The first-order valence-corrected chi connectivity index (χ1v) is 7.31. The van der Waals surface area contributed by atoms with Crippen LogP contribution in [0.5, 0.6) is 0 Å². The molecule has 2 rings (SSSR count). The average molecular weight is 341 g/mol. The van der Waals surface area contributed by atoms with Gasteiger partial charge in [-0.05, 0) is 31.0 Å². The lowest BCUT2D eigenvalue weighted by atomic mass is 9.85. The fraction of sp³-hybridized carbons (Fsp3) is 0.429. The number of hydrogen-bond acceptors (Lipinski definition) is 3. The summed E-state index contributed by atoms with van der Waals surface area (Å²) >= 11 is 3.25. The molecule has 1 aliphatic carbocycles. The van der Waals surface area contributed by atoms with Crippen LogP contribution in [0, 0.1) is 5.41 Å². The highest BCUT2D eigenvalue weighted by molar-refractivity contribution is 9.10. The van der Waals surface area contributed by atoms with Crippen molar-refractivity contribution in [2.24, 2.45) is 11.1 Å². The number of benzene rings is 1. The molecule has 1 amide bonds. The summed E-state index contributed by atoms with van der Waals surface area (Å²) in [6, 6.07) is 4.62. The molecular weight excluding hydrogens is 324 g/mol. The first-order chi connectivity index (χ1) is 9.47. The summed E-state index contributed by atoms with van der Waals surface area (Å²) in [5.41, 5.74) is 5.86. The number of carboxylic acid groups (broad SMARTS) is 1. The molecular formula is C14H17BrN2O3. The van der Waals surface area contributed by atoms with Gasteiger partial charge in [-0.1, -0.05) is 28.8 Å². The molecule has 108 valence electrons. The van der Waals surface area contributed by atoms with Crippen LogP contribution in [-0.4, -0.2) is 23.5 Å². The van der Waals surface area contributed by atoms with Gasteiger partial charge in [-0.25, -0.2) is 4.79 Å². The van der Waals surface area contributed by atoms with E-state index in [0.717, 1.165) is 25.7 Å². The monoisotopic (exact) mass is 340 g/mol. The summed E-state index contributed by atoms with van der Waals surface area (Å²) in [5.74, 6) is -1.15. The van der Waals surface area contributed by atoms with Gasteiger partial charge in [-0.2, -0.15) is 0 Å². The minimum Gasteiger partial charge on any atom is -0.478 e. The Labute approximate surface area is 125 Å². The molecule has 0 heterocycles. The van der Waals surface area contributed by atoms with Crippen molar-refractivity contribution in [2.45, 2.75) is 25.7 Å². The van der Waals surface area contributed by atoms with Crippen LogP contribution in [0.15, 0.2) is 22.7 Å². The number of nitrogens with two attached hydrogens (primary N) is 1. The lowest BCUT2D eigenvalue weighted by Gasteiger charge is -2.25. The highest BCUT2D eigenvalue weighted by Crippen LogP contribution is 2.38. The summed E-state index contributed by atoms with van der Waals surface area (Å²) < 4.78 is 0.612. The molecule has 1 saturated carbocycles. The molecule has 1 fully saturated rings. The molecule has 0 unspecified atom stereocenters. The van der Waals surface area contributed by atoms with Crippen LogP contribution in [0.3, 0.4) is 0 Å². The Bertz CT molecular complexity index is 539. The van der Waals surface area contributed by atoms with Gasteiger partial charge in [0.05, 0.1) is 11.0 Å². The van der Waals surface area contributed by atoms with E-state index in [-0.39, 0.29) is 11.5 Å². The van der Waals surface area contributed by atoms with Gasteiger partial charge in [0.1, 0.15) is 0 Å². The molecule has 1 aromatic rings. The second-order valence-corrected chi connectivity index (χ2v) is 6.10. The maximum atomic E-state index is 12.4. The molecule has 4 N–H and O–H groups in total. The first kappa shape index (κ1) is 15.0. The van der Waals surface area contributed by atoms with Crippen LogP contribution in [0.1, 0.15) is 36.0 Å². The average Bonchev–Trinajstić information content (AvgIpc) is 2.88. The Balaban J connectivity index is 2.21. The Morgan fingerprint density at radius 2 is 1.95 bits per heavy atom. The zero-order chi connectivity index (χ0) is 14.8. The van der Waals surface area contributed by atoms with Crippen molar-refractivity contribution in [3.63, 3.8) is 0 Å². The van der Waals surface area contributed by atoms with E-state index in [9.17, 15) is 9.59 Å². The SMILES string of the molecule is NCC1(C(=O)Nc2cc(Br)cc(C(=O)O)c2)CCCC1. The van der Waals surface area contributed by atoms with E-state index < -0.39 is 11.4 Å². The molecule has 0 atom stereocenters. The van der Waals surface area contributed by atoms with Gasteiger partial charge < -0.3 is 16.2 Å². The standard InChI is InChI=1S/C14H17BrN2O3/c15-10-5-9(12(18)19)6-11(7-10)17-13(20)14(8-16)3-1-2-4-14/h5-7H,1-4,8,16H2,(H,17,20)(H,18,19). The summed E-state index contributed by atoms with van der Waals surface area (Å²) in [6.45, 7) is 0.318. The van der Waals surface area contributed by atoms with E-state index in [2.05, 4.69) is 21.2 Å². The number of halogens is 1. The molecule has 0 aromatic heterocycles. The van der Waals surface area contributed by atoms with Crippen LogP contribution >= 0.6 is 15.9 Å². The van der Waals surface area contributed by atoms with Gasteiger partial charge in [0.25, 0.3) is 0 Å². The highest BCUT2D eigenvalue weighted by Gasteiger charge is 2.39. The number of nitrogens with one attached hydrogen (secondary N) is 1. The molecule has 1 aliphatic rings. The molecule has 6 heteroatoms. The largest absolute Gasteiger partial charge is 0.478 e. The predicted molar refractivity (Wildman–Crippen MR) is 79.7 cm³/mol. The van der Waals surface area contributed by atoms with Gasteiger partial charge in [0.15, 0.2) is 0 Å².